The molecule has 1 aromatic carbocycles. The Morgan fingerprint density at radius 2 is 1.35 bits per heavy atom. The molecule has 2 aromatic rings. The first-order chi connectivity index (χ1) is 12.6. The number of halogens is 1. The molecule has 0 radical (unpaired) electrons. The second kappa shape index (κ2) is 6.63. The van der Waals surface area contributed by atoms with Crippen LogP contribution in [0.1, 0.15) is 11.1 Å². The van der Waals surface area contributed by atoms with Crippen molar-refractivity contribution in [3.05, 3.63) is 76.1 Å². The van der Waals surface area contributed by atoms with Crippen molar-refractivity contribution in [3.8, 4) is 0 Å². The monoisotopic (exact) mass is 384 g/mol. The van der Waals surface area contributed by atoms with Crippen LogP contribution < -0.4 is 15.2 Å². The molecule has 130 valence electrons. The number of aromatic nitrogens is 1. The van der Waals surface area contributed by atoms with Gasteiger partial charge in [-0.15, -0.1) is 0 Å². The van der Waals surface area contributed by atoms with Crippen LogP contribution in [0.2, 0.25) is 5.02 Å². The van der Waals surface area contributed by atoms with Gasteiger partial charge in [0.1, 0.15) is 0 Å². The van der Waals surface area contributed by atoms with E-state index in [9.17, 15) is 9.59 Å². The second-order valence-corrected chi connectivity index (χ2v) is 6.85. The Kier molecular flexibility index (Phi) is 4.30. The van der Waals surface area contributed by atoms with Gasteiger partial charge in [0.2, 0.25) is 0 Å². The zero-order chi connectivity index (χ0) is 18.3. The highest BCUT2D eigenvalue weighted by Crippen LogP contribution is 2.37. The van der Waals surface area contributed by atoms with Gasteiger partial charge < -0.3 is 10.6 Å². The van der Waals surface area contributed by atoms with Gasteiger partial charge in [-0.3, -0.25) is 9.59 Å². The second-order valence-electron chi connectivity index (χ2n) is 5.96. The molecule has 2 aliphatic rings. The van der Waals surface area contributed by atoms with Gasteiger partial charge in [-0.1, -0.05) is 23.7 Å². The van der Waals surface area contributed by atoms with Gasteiger partial charge in [-0.25, -0.2) is 4.57 Å². The van der Waals surface area contributed by atoms with Crippen molar-refractivity contribution < 1.29 is 14.2 Å². The Balaban J connectivity index is 1.80. The first-order valence-electron chi connectivity index (χ1n) is 8.06. The quantitative estimate of drug-likeness (QED) is 0.557. The molecule has 0 saturated carbocycles. The summed E-state index contributed by atoms with van der Waals surface area (Å²) in [5.41, 5.74) is 3.32. The van der Waals surface area contributed by atoms with E-state index in [0.29, 0.717) is 27.6 Å². The third-order valence-electron chi connectivity index (χ3n) is 4.35. The lowest BCUT2D eigenvalue weighted by atomic mass is 10.0. The van der Waals surface area contributed by atoms with Crippen molar-refractivity contribution >= 4 is 47.4 Å². The van der Waals surface area contributed by atoms with Crippen LogP contribution in [0.5, 0.6) is 0 Å². The number of pyridine rings is 1. The molecule has 2 aliphatic heterocycles. The average Bonchev–Trinajstić information content (AvgIpc) is 3.16. The van der Waals surface area contributed by atoms with Crippen LogP contribution in [0.3, 0.4) is 0 Å². The van der Waals surface area contributed by atoms with Gasteiger partial charge in [0, 0.05) is 28.5 Å². The molecule has 2 amide bonds. The molecular weight excluding hydrogens is 370 g/mol. The number of amides is 2. The standard InChI is InChI=1S/C19H14ClN3O2S/c20-13-3-1-11(2-4-13)16-14-15(19(25)21-16)17(22-18(14)24)12-5-7-23(8-6-12)9-10-26/h1-8H,9-10H2,(H2,22,24,26)/p+1. The van der Waals surface area contributed by atoms with Crippen LogP contribution in [0.4, 0.5) is 0 Å². The lowest BCUT2D eigenvalue weighted by Gasteiger charge is -2.07. The first kappa shape index (κ1) is 16.9. The lowest BCUT2D eigenvalue weighted by Crippen LogP contribution is -2.33. The maximum Gasteiger partial charge on any atom is 0.258 e. The van der Waals surface area contributed by atoms with Gasteiger partial charge >= 0.3 is 0 Å². The normalized spacial score (nSPS) is 16.1. The summed E-state index contributed by atoms with van der Waals surface area (Å²) in [6.07, 6.45) is 3.81. The highest BCUT2D eigenvalue weighted by molar-refractivity contribution is 7.80. The van der Waals surface area contributed by atoms with Crippen LogP contribution in [0, 0.1) is 0 Å². The SMILES string of the molecule is O=C1NC(c2cc[n+](CCS)cc2)=C2C(=O)NC(c3ccc(Cl)cc3)=C12. The van der Waals surface area contributed by atoms with Crippen molar-refractivity contribution in [1.29, 1.82) is 0 Å². The van der Waals surface area contributed by atoms with E-state index in [1.807, 2.05) is 29.1 Å². The van der Waals surface area contributed by atoms with E-state index in [-0.39, 0.29) is 11.8 Å². The third-order valence-corrected chi connectivity index (χ3v) is 4.80. The number of fused-ring (bicyclic) bond motifs is 1. The predicted octanol–water partition coefficient (Wildman–Crippen LogP) is 1.94. The van der Waals surface area contributed by atoms with E-state index < -0.39 is 0 Å². The van der Waals surface area contributed by atoms with Crippen LogP contribution >= 0.6 is 24.2 Å². The third kappa shape index (κ3) is 2.81. The summed E-state index contributed by atoms with van der Waals surface area (Å²) in [7, 11) is 0. The van der Waals surface area contributed by atoms with Crippen LogP contribution in [-0.2, 0) is 16.1 Å². The number of benzene rings is 1. The predicted molar refractivity (Wildman–Crippen MR) is 102 cm³/mol. The van der Waals surface area contributed by atoms with E-state index in [1.165, 1.54) is 0 Å². The molecule has 4 rings (SSSR count). The van der Waals surface area contributed by atoms with Crippen molar-refractivity contribution in [3.63, 3.8) is 0 Å². The van der Waals surface area contributed by atoms with Gasteiger partial charge in [-0.2, -0.15) is 12.6 Å². The van der Waals surface area contributed by atoms with E-state index in [4.69, 9.17) is 11.6 Å². The number of nitrogens with one attached hydrogen (secondary N) is 2. The smallest absolute Gasteiger partial charge is 0.258 e. The number of aryl methyl sites for hydroxylation is 1. The number of hydrogen-bond donors (Lipinski definition) is 3. The fraction of sp³-hybridized carbons (Fsp3) is 0.105. The topological polar surface area (TPSA) is 62.1 Å². The summed E-state index contributed by atoms with van der Waals surface area (Å²) in [6.45, 7) is 0.786. The number of carbonyl (C=O) groups excluding carboxylic acids is 2. The molecule has 1 aromatic heterocycles. The lowest BCUT2D eigenvalue weighted by molar-refractivity contribution is -0.692. The Hall–Kier alpha value is -2.57. The van der Waals surface area contributed by atoms with E-state index in [2.05, 4.69) is 23.3 Å². The molecule has 5 nitrogen and oxygen atoms in total. The molecule has 2 N–H and O–H groups in total. The Labute approximate surface area is 160 Å². The molecule has 26 heavy (non-hydrogen) atoms. The number of rotatable bonds is 4. The average molecular weight is 385 g/mol. The molecule has 7 heteroatoms. The number of nitrogens with zero attached hydrogens (tertiary/aromatic N) is 1. The fourth-order valence-corrected chi connectivity index (χ4v) is 3.48. The summed E-state index contributed by atoms with van der Waals surface area (Å²) in [5, 5.41) is 6.25. The number of hydrogen-bond acceptors (Lipinski definition) is 3. The van der Waals surface area contributed by atoms with Crippen molar-refractivity contribution in [1.82, 2.24) is 10.6 Å². The molecule has 0 saturated heterocycles. The summed E-state index contributed by atoms with van der Waals surface area (Å²) in [6, 6.07) is 10.8. The molecule has 0 fully saturated rings. The Morgan fingerprint density at radius 1 is 0.846 bits per heavy atom. The van der Waals surface area contributed by atoms with E-state index in [1.54, 1.807) is 24.3 Å². The van der Waals surface area contributed by atoms with Crippen LogP contribution in [0.15, 0.2) is 59.9 Å². The van der Waals surface area contributed by atoms with Gasteiger partial charge in [0.05, 0.1) is 22.5 Å². The zero-order valence-corrected chi connectivity index (χ0v) is 15.3. The van der Waals surface area contributed by atoms with E-state index in [0.717, 1.165) is 23.4 Å². The highest BCUT2D eigenvalue weighted by Gasteiger charge is 2.40. The van der Waals surface area contributed by atoms with Crippen LogP contribution in [-0.4, -0.2) is 17.6 Å². The molecule has 3 heterocycles. The maximum absolute atomic E-state index is 12.6. The minimum atomic E-state index is -0.287. The molecular formula is C19H15ClN3O2S+. The maximum atomic E-state index is 12.6. The van der Waals surface area contributed by atoms with Crippen molar-refractivity contribution in [2.75, 3.05) is 5.75 Å². The molecule has 0 spiro atoms. The zero-order valence-electron chi connectivity index (χ0n) is 13.6. The molecule has 0 aliphatic carbocycles. The number of thiol groups is 1. The Bertz CT molecular complexity index is 979. The number of carbonyl (C=O) groups is 2. The van der Waals surface area contributed by atoms with Gasteiger partial charge in [-0.05, 0) is 17.7 Å². The summed E-state index contributed by atoms with van der Waals surface area (Å²) >= 11 is 10.1. The molecule has 0 unspecified atom stereocenters. The van der Waals surface area contributed by atoms with Crippen molar-refractivity contribution in [2.45, 2.75) is 6.54 Å². The van der Waals surface area contributed by atoms with Crippen LogP contribution in [0.25, 0.3) is 11.4 Å². The highest BCUT2D eigenvalue weighted by atomic mass is 35.5. The summed E-state index contributed by atoms with van der Waals surface area (Å²) in [5.74, 6) is 0.157. The van der Waals surface area contributed by atoms with Gasteiger partial charge in [0.15, 0.2) is 18.9 Å². The van der Waals surface area contributed by atoms with Crippen molar-refractivity contribution in [2.24, 2.45) is 0 Å². The molecule has 0 atom stereocenters. The largest absolute Gasteiger partial charge is 0.321 e. The minimum Gasteiger partial charge on any atom is -0.321 e. The fourth-order valence-electron chi connectivity index (χ4n) is 3.12. The Morgan fingerprint density at radius 3 is 1.85 bits per heavy atom. The summed E-state index contributed by atoms with van der Waals surface area (Å²) in [4.78, 5) is 25.1. The summed E-state index contributed by atoms with van der Waals surface area (Å²) < 4.78 is 1.99. The first-order valence-corrected chi connectivity index (χ1v) is 9.07. The molecule has 0 bridgehead atoms. The van der Waals surface area contributed by atoms with E-state index >= 15 is 0 Å². The minimum absolute atomic E-state index is 0.287. The van der Waals surface area contributed by atoms with Gasteiger partial charge in [0.25, 0.3) is 11.8 Å².